The third kappa shape index (κ3) is 5.52. The Morgan fingerprint density at radius 3 is 2.36 bits per heavy atom. The smallest absolute Gasteiger partial charge is 0.324 e. The standard InChI is InChI=1S/C22H23F3N4O3S/c1-15-12-28(14-21(30)27-20-9-4-3-8-19(20)22(23,24)25)13-16(2)29(15)33(31,32)18-7-5-6-17(10-18)11-26/h3-10,15-16H,12-14H2,1-2H3,(H,27,30)/t15-,16?/m1/s1. The second-order valence-corrected chi connectivity index (χ2v) is 9.80. The average molecular weight is 481 g/mol. The van der Waals surface area contributed by atoms with Gasteiger partial charge in [0, 0.05) is 25.2 Å². The van der Waals surface area contributed by atoms with Gasteiger partial charge in [0.05, 0.1) is 34.3 Å². The molecule has 7 nitrogen and oxygen atoms in total. The van der Waals surface area contributed by atoms with Crippen molar-refractivity contribution in [1.82, 2.24) is 9.21 Å². The van der Waals surface area contributed by atoms with Crippen molar-refractivity contribution in [3.05, 3.63) is 59.7 Å². The highest BCUT2D eigenvalue weighted by Gasteiger charge is 2.39. The number of halogens is 3. The summed E-state index contributed by atoms with van der Waals surface area (Å²) in [4.78, 5) is 14.2. The summed E-state index contributed by atoms with van der Waals surface area (Å²) in [6, 6.07) is 11.4. The second kappa shape index (κ2) is 9.51. The lowest BCUT2D eigenvalue weighted by atomic mass is 10.1. The number of nitrogens with zero attached hydrogens (tertiary/aromatic N) is 3. The molecule has 1 heterocycles. The molecule has 1 amide bonds. The van der Waals surface area contributed by atoms with E-state index in [1.54, 1.807) is 18.7 Å². The molecule has 1 fully saturated rings. The van der Waals surface area contributed by atoms with Crippen molar-refractivity contribution >= 4 is 21.6 Å². The zero-order chi connectivity index (χ0) is 24.4. The molecule has 1 saturated heterocycles. The SMILES string of the molecule is CC1CN(CC(=O)Nc2ccccc2C(F)(F)F)C[C@@H](C)N1S(=O)(=O)c1cccc(C#N)c1. The molecule has 3 rings (SSSR count). The minimum absolute atomic E-state index is 0.00945. The Morgan fingerprint density at radius 2 is 1.76 bits per heavy atom. The van der Waals surface area contributed by atoms with Crippen molar-refractivity contribution in [3.8, 4) is 6.07 Å². The maximum Gasteiger partial charge on any atom is 0.418 e. The summed E-state index contributed by atoms with van der Waals surface area (Å²) in [5, 5.41) is 11.4. The third-order valence-corrected chi connectivity index (χ3v) is 7.45. The van der Waals surface area contributed by atoms with Crippen LogP contribution in [0.25, 0.3) is 0 Å². The lowest BCUT2D eigenvalue weighted by Crippen LogP contribution is -2.59. The number of carbonyl (C=O) groups excluding carboxylic acids is 1. The minimum atomic E-state index is -4.60. The van der Waals surface area contributed by atoms with Gasteiger partial charge in [0.15, 0.2) is 0 Å². The van der Waals surface area contributed by atoms with Gasteiger partial charge in [-0.3, -0.25) is 9.69 Å². The highest BCUT2D eigenvalue weighted by Crippen LogP contribution is 2.34. The van der Waals surface area contributed by atoms with Crippen molar-refractivity contribution in [2.24, 2.45) is 0 Å². The number of alkyl halides is 3. The molecule has 2 aromatic rings. The van der Waals surface area contributed by atoms with Crippen LogP contribution in [0, 0.1) is 11.3 Å². The van der Waals surface area contributed by atoms with E-state index in [0.29, 0.717) is 0 Å². The number of sulfonamides is 1. The van der Waals surface area contributed by atoms with E-state index in [0.717, 1.165) is 6.07 Å². The predicted octanol–water partition coefficient (Wildman–Crippen LogP) is 3.30. The molecule has 0 saturated carbocycles. The number of para-hydroxylation sites is 1. The summed E-state index contributed by atoms with van der Waals surface area (Å²) in [6.45, 7) is 3.65. The van der Waals surface area contributed by atoms with Crippen LogP contribution in [0.5, 0.6) is 0 Å². The molecule has 0 bridgehead atoms. The van der Waals surface area contributed by atoms with E-state index in [-0.39, 0.29) is 35.8 Å². The van der Waals surface area contributed by atoms with Crippen LogP contribution in [0.2, 0.25) is 0 Å². The summed E-state index contributed by atoms with van der Waals surface area (Å²) in [7, 11) is -3.89. The number of carbonyl (C=O) groups is 1. The van der Waals surface area contributed by atoms with E-state index in [1.807, 2.05) is 6.07 Å². The molecule has 0 radical (unpaired) electrons. The summed E-state index contributed by atoms with van der Waals surface area (Å²) in [5.74, 6) is -0.621. The molecular weight excluding hydrogens is 457 g/mol. The topological polar surface area (TPSA) is 93.5 Å². The molecule has 1 aliphatic heterocycles. The molecule has 176 valence electrons. The van der Waals surface area contributed by atoms with Crippen LogP contribution in [-0.4, -0.2) is 55.2 Å². The number of amides is 1. The van der Waals surface area contributed by atoms with Crippen LogP contribution in [0.4, 0.5) is 18.9 Å². The Hall–Kier alpha value is -2.94. The first-order valence-corrected chi connectivity index (χ1v) is 11.6. The first kappa shape index (κ1) is 24.7. The van der Waals surface area contributed by atoms with Gasteiger partial charge < -0.3 is 5.32 Å². The molecule has 0 aromatic heterocycles. The fourth-order valence-corrected chi connectivity index (χ4v) is 5.95. The van der Waals surface area contributed by atoms with Gasteiger partial charge in [-0.1, -0.05) is 18.2 Å². The lowest BCUT2D eigenvalue weighted by Gasteiger charge is -2.43. The van der Waals surface area contributed by atoms with Crippen molar-refractivity contribution in [3.63, 3.8) is 0 Å². The molecule has 1 N–H and O–H groups in total. The number of hydrogen-bond acceptors (Lipinski definition) is 5. The van der Waals surface area contributed by atoms with Gasteiger partial charge in [0.1, 0.15) is 0 Å². The second-order valence-electron chi connectivity index (χ2n) is 7.96. The molecule has 33 heavy (non-hydrogen) atoms. The Labute approximate surface area is 190 Å². The van der Waals surface area contributed by atoms with Crippen LogP contribution < -0.4 is 5.32 Å². The van der Waals surface area contributed by atoms with Crippen molar-refractivity contribution in [2.75, 3.05) is 25.0 Å². The number of rotatable bonds is 5. The number of nitrogens with one attached hydrogen (secondary N) is 1. The molecule has 0 spiro atoms. The fourth-order valence-electron chi connectivity index (χ4n) is 4.10. The minimum Gasteiger partial charge on any atom is -0.324 e. The third-order valence-electron chi connectivity index (χ3n) is 5.33. The van der Waals surface area contributed by atoms with Crippen LogP contribution in [-0.2, 0) is 21.0 Å². The lowest BCUT2D eigenvalue weighted by molar-refractivity contribution is -0.137. The molecule has 11 heteroatoms. The maximum absolute atomic E-state index is 13.2. The van der Waals surface area contributed by atoms with Crippen molar-refractivity contribution in [1.29, 1.82) is 5.26 Å². The maximum atomic E-state index is 13.2. The Balaban J connectivity index is 1.71. The number of nitriles is 1. The molecular formula is C22H23F3N4O3S. The van der Waals surface area contributed by atoms with E-state index in [1.165, 1.54) is 46.8 Å². The summed E-state index contributed by atoms with van der Waals surface area (Å²) in [6.07, 6.45) is -4.60. The first-order chi connectivity index (χ1) is 15.4. The van der Waals surface area contributed by atoms with Crippen molar-refractivity contribution < 1.29 is 26.4 Å². The van der Waals surface area contributed by atoms with E-state index < -0.39 is 39.8 Å². The quantitative estimate of drug-likeness (QED) is 0.709. The normalized spacial score (nSPS) is 20.2. The molecule has 1 unspecified atom stereocenters. The van der Waals surface area contributed by atoms with Crippen LogP contribution in [0.1, 0.15) is 25.0 Å². The number of benzene rings is 2. The van der Waals surface area contributed by atoms with Gasteiger partial charge in [-0.25, -0.2) is 8.42 Å². The van der Waals surface area contributed by atoms with E-state index in [2.05, 4.69) is 5.32 Å². The summed E-state index contributed by atoms with van der Waals surface area (Å²) in [5.41, 5.74) is -1.03. The molecule has 2 atom stereocenters. The van der Waals surface area contributed by atoms with Crippen molar-refractivity contribution in [2.45, 2.75) is 37.0 Å². The molecule has 2 aromatic carbocycles. The zero-order valence-electron chi connectivity index (χ0n) is 18.0. The van der Waals surface area contributed by atoms with E-state index >= 15 is 0 Å². The van der Waals surface area contributed by atoms with Crippen LogP contribution in [0.15, 0.2) is 53.4 Å². The van der Waals surface area contributed by atoms with Gasteiger partial charge in [-0.2, -0.15) is 22.7 Å². The Morgan fingerprint density at radius 1 is 1.12 bits per heavy atom. The Kier molecular flexibility index (Phi) is 7.11. The van der Waals surface area contributed by atoms with Gasteiger partial charge in [-0.15, -0.1) is 0 Å². The molecule has 0 aliphatic carbocycles. The average Bonchev–Trinajstić information content (AvgIpc) is 2.72. The van der Waals surface area contributed by atoms with Crippen LogP contribution >= 0.6 is 0 Å². The number of anilines is 1. The monoisotopic (exact) mass is 480 g/mol. The largest absolute Gasteiger partial charge is 0.418 e. The van der Waals surface area contributed by atoms with Gasteiger partial charge in [-0.05, 0) is 44.2 Å². The van der Waals surface area contributed by atoms with E-state index in [4.69, 9.17) is 5.26 Å². The predicted molar refractivity (Wildman–Crippen MR) is 116 cm³/mol. The summed E-state index contributed by atoms with van der Waals surface area (Å²) >= 11 is 0. The molecule has 1 aliphatic rings. The van der Waals surface area contributed by atoms with Gasteiger partial charge >= 0.3 is 6.18 Å². The van der Waals surface area contributed by atoms with Gasteiger partial charge in [0.25, 0.3) is 0 Å². The number of piperazine rings is 1. The van der Waals surface area contributed by atoms with E-state index in [9.17, 15) is 26.4 Å². The van der Waals surface area contributed by atoms with Crippen LogP contribution in [0.3, 0.4) is 0 Å². The first-order valence-electron chi connectivity index (χ1n) is 10.2. The highest BCUT2D eigenvalue weighted by molar-refractivity contribution is 7.89. The Bertz CT molecular complexity index is 1170. The number of hydrogen-bond donors (Lipinski definition) is 1. The summed E-state index contributed by atoms with van der Waals surface area (Å²) < 4.78 is 67.2. The zero-order valence-corrected chi connectivity index (χ0v) is 18.8. The fraction of sp³-hybridized carbons (Fsp3) is 0.364. The van der Waals surface area contributed by atoms with Gasteiger partial charge in [0.2, 0.25) is 15.9 Å². The highest BCUT2D eigenvalue weighted by atomic mass is 32.2.